The summed E-state index contributed by atoms with van der Waals surface area (Å²) in [4.78, 5) is 26.0. The van der Waals surface area contributed by atoms with Crippen LogP contribution in [0, 0.1) is 0 Å². The van der Waals surface area contributed by atoms with E-state index < -0.39 is 0 Å². The summed E-state index contributed by atoms with van der Waals surface area (Å²) in [7, 11) is 1.72. The Balaban J connectivity index is 1.63. The lowest BCUT2D eigenvalue weighted by molar-refractivity contribution is -0.130. The van der Waals surface area contributed by atoms with Gasteiger partial charge in [-0.2, -0.15) is 0 Å². The second-order valence-electron chi connectivity index (χ2n) is 5.10. The van der Waals surface area contributed by atoms with Crippen LogP contribution in [-0.2, 0) is 4.79 Å². The molecule has 0 saturated heterocycles. The highest BCUT2D eigenvalue weighted by Gasteiger charge is 2.10. The molecule has 0 radical (unpaired) electrons. The van der Waals surface area contributed by atoms with Crippen LogP contribution in [0.1, 0.15) is 16.1 Å². The molecule has 5 nitrogen and oxygen atoms in total. The van der Waals surface area contributed by atoms with Gasteiger partial charge in [-0.1, -0.05) is 17.7 Å². The number of thiophene rings is 1. The van der Waals surface area contributed by atoms with Gasteiger partial charge < -0.3 is 15.0 Å². The van der Waals surface area contributed by atoms with E-state index in [4.69, 9.17) is 16.3 Å². The molecule has 0 aliphatic carbocycles. The predicted molar refractivity (Wildman–Crippen MR) is 95.9 cm³/mol. The number of ether oxygens (including phenoxy) is 1. The molecule has 1 aromatic carbocycles. The quantitative estimate of drug-likeness (QED) is 0.781. The molecule has 0 fully saturated rings. The Hall–Kier alpha value is -2.05. The Kier molecular flexibility index (Phi) is 7.08. The Bertz CT molecular complexity index is 659. The number of carbonyl (C=O) groups is 2. The van der Waals surface area contributed by atoms with E-state index in [1.54, 1.807) is 42.3 Å². The van der Waals surface area contributed by atoms with Gasteiger partial charge in [0.25, 0.3) is 5.91 Å². The van der Waals surface area contributed by atoms with E-state index in [2.05, 4.69) is 5.32 Å². The lowest BCUT2D eigenvalue weighted by atomic mass is 10.3. The molecule has 1 heterocycles. The number of likely N-dealkylation sites (N-methyl/N-ethyl adjacent to an activating group) is 1. The number of halogens is 1. The van der Waals surface area contributed by atoms with E-state index in [0.29, 0.717) is 35.3 Å². The number of hydrogen-bond acceptors (Lipinski definition) is 4. The lowest BCUT2D eigenvalue weighted by Crippen LogP contribution is -2.34. The van der Waals surface area contributed by atoms with Crippen LogP contribution < -0.4 is 10.1 Å². The molecule has 0 saturated carbocycles. The Labute approximate surface area is 150 Å². The van der Waals surface area contributed by atoms with E-state index in [-0.39, 0.29) is 18.2 Å². The van der Waals surface area contributed by atoms with Gasteiger partial charge in [0.05, 0.1) is 11.4 Å². The second kappa shape index (κ2) is 9.30. The zero-order valence-corrected chi connectivity index (χ0v) is 14.9. The summed E-state index contributed by atoms with van der Waals surface area (Å²) in [5.41, 5.74) is 0. The van der Waals surface area contributed by atoms with Crippen LogP contribution in [0.3, 0.4) is 0 Å². The van der Waals surface area contributed by atoms with Crippen LogP contribution in [0.15, 0.2) is 41.8 Å². The highest BCUT2D eigenvalue weighted by atomic mass is 35.5. The third-order valence-electron chi connectivity index (χ3n) is 3.30. The molecule has 128 valence electrons. The molecule has 0 aliphatic rings. The fourth-order valence-electron chi connectivity index (χ4n) is 1.92. The van der Waals surface area contributed by atoms with Crippen molar-refractivity contribution in [1.29, 1.82) is 0 Å². The van der Waals surface area contributed by atoms with Crippen LogP contribution >= 0.6 is 22.9 Å². The van der Waals surface area contributed by atoms with E-state index >= 15 is 0 Å². The van der Waals surface area contributed by atoms with Gasteiger partial charge in [0.1, 0.15) is 12.4 Å². The maximum absolute atomic E-state index is 12.0. The number of nitrogens with one attached hydrogen (secondary N) is 1. The fourth-order valence-corrected chi connectivity index (χ4v) is 2.69. The first-order chi connectivity index (χ1) is 11.6. The largest absolute Gasteiger partial charge is 0.492 e. The van der Waals surface area contributed by atoms with Crippen LogP contribution in [0.25, 0.3) is 0 Å². The number of benzene rings is 1. The molecule has 1 N–H and O–H groups in total. The van der Waals surface area contributed by atoms with E-state index in [1.807, 2.05) is 11.4 Å². The number of carbonyl (C=O) groups excluding carboxylic acids is 2. The molecule has 0 unspecified atom stereocenters. The summed E-state index contributed by atoms with van der Waals surface area (Å²) < 4.78 is 5.55. The van der Waals surface area contributed by atoms with Gasteiger partial charge in [-0.15, -0.1) is 11.3 Å². The smallest absolute Gasteiger partial charge is 0.261 e. The van der Waals surface area contributed by atoms with E-state index in [9.17, 15) is 9.59 Å². The SMILES string of the molecule is CN(CCOc1ccc(Cl)cc1)C(=O)CCNC(=O)c1cccs1. The normalized spacial score (nSPS) is 10.2. The van der Waals surface area contributed by atoms with Crippen LogP contribution in [0.5, 0.6) is 5.75 Å². The molecule has 24 heavy (non-hydrogen) atoms. The molecule has 0 aliphatic heterocycles. The van der Waals surface area contributed by atoms with Crippen molar-refractivity contribution in [2.45, 2.75) is 6.42 Å². The van der Waals surface area contributed by atoms with Gasteiger partial charge in [0.15, 0.2) is 0 Å². The van der Waals surface area contributed by atoms with Gasteiger partial charge in [-0.25, -0.2) is 0 Å². The standard InChI is InChI=1S/C17H19ClN2O3S/c1-20(10-11-23-14-6-4-13(18)5-7-14)16(21)8-9-19-17(22)15-3-2-12-24-15/h2-7,12H,8-11H2,1H3,(H,19,22). The summed E-state index contributed by atoms with van der Waals surface area (Å²) in [6.07, 6.45) is 0.258. The van der Waals surface area contributed by atoms with Crippen molar-refractivity contribution in [2.24, 2.45) is 0 Å². The molecule has 2 rings (SSSR count). The minimum Gasteiger partial charge on any atom is -0.492 e. The summed E-state index contributed by atoms with van der Waals surface area (Å²) in [6, 6.07) is 10.6. The van der Waals surface area contributed by atoms with E-state index in [0.717, 1.165) is 0 Å². The molecule has 0 spiro atoms. The van der Waals surface area contributed by atoms with Gasteiger partial charge in [-0.3, -0.25) is 9.59 Å². The van der Waals surface area contributed by atoms with Crippen LogP contribution in [0.4, 0.5) is 0 Å². The average molecular weight is 367 g/mol. The van der Waals surface area contributed by atoms with Gasteiger partial charge in [0.2, 0.25) is 5.91 Å². The molecule has 2 aromatic rings. The second-order valence-corrected chi connectivity index (χ2v) is 6.49. The van der Waals surface area contributed by atoms with Gasteiger partial charge in [-0.05, 0) is 35.7 Å². The number of rotatable bonds is 8. The van der Waals surface area contributed by atoms with Crippen molar-refractivity contribution < 1.29 is 14.3 Å². The number of amides is 2. The Morgan fingerprint density at radius 2 is 2.00 bits per heavy atom. The molecular formula is C17H19ClN2O3S. The molecule has 7 heteroatoms. The maximum atomic E-state index is 12.0. The molecular weight excluding hydrogens is 348 g/mol. The van der Waals surface area contributed by atoms with Crippen molar-refractivity contribution in [3.63, 3.8) is 0 Å². The van der Waals surface area contributed by atoms with E-state index in [1.165, 1.54) is 11.3 Å². The van der Waals surface area contributed by atoms with Crippen molar-refractivity contribution in [3.8, 4) is 5.75 Å². The Morgan fingerprint density at radius 3 is 2.67 bits per heavy atom. The van der Waals surface area contributed by atoms with Crippen LogP contribution in [0.2, 0.25) is 5.02 Å². The monoisotopic (exact) mass is 366 g/mol. The number of nitrogens with zero attached hydrogens (tertiary/aromatic N) is 1. The van der Waals surface area contributed by atoms with Gasteiger partial charge >= 0.3 is 0 Å². The van der Waals surface area contributed by atoms with Crippen molar-refractivity contribution >= 4 is 34.8 Å². The summed E-state index contributed by atoms with van der Waals surface area (Å²) in [6.45, 7) is 1.18. The number of hydrogen-bond donors (Lipinski definition) is 1. The predicted octanol–water partition coefficient (Wildman–Crippen LogP) is 3.06. The highest BCUT2D eigenvalue weighted by molar-refractivity contribution is 7.12. The third-order valence-corrected chi connectivity index (χ3v) is 4.42. The van der Waals surface area contributed by atoms with Crippen molar-refractivity contribution in [1.82, 2.24) is 10.2 Å². The lowest BCUT2D eigenvalue weighted by Gasteiger charge is -2.17. The minimum atomic E-state index is -0.147. The first kappa shape index (κ1) is 18.3. The summed E-state index contributed by atoms with van der Waals surface area (Å²) in [5.74, 6) is 0.524. The van der Waals surface area contributed by atoms with Crippen molar-refractivity contribution in [3.05, 3.63) is 51.7 Å². The third kappa shape index (κ3) is 5.86. The average Bonchev–Trinajstić information content (AvgIpc) is 3.11. The topological polar surface area (TPSA) is 58.6 Å². The highest BCUT2D eigenvalue weighted by Crippen LogP contribution is 2.15. The van der Waals surface area contributed by atoms with Crippen LogP contribution in [-0.4, -0.2) is 43.5 Å². The summed E-state index contributed by atoms with van der Waals surface area (Å²) >= 11 is 7.18. The van der Waals surface area contributed by atoms with Gasteiger partial charge in [0, 0.05) is 25.0 Å². The zero-order chi connectivity index (χ0) is 17.4. The Morgan fingerprint density at radius 1 is 1.25 bits per heavy atom. The first-order valence-electron chi connectivity index (χ1n) is 7.50. The minimum absolute atomic E-state index is 0.0406. The zero-order valence-electron chi connectivity index (χ0n) is 13.3. The first-order valence-corrected chi connectivity index (χ1v) is 8.76. The maximum Gasteiger partial charge on any atom is 0.261 e. The molecule has 0 bridgehead atoms. The van der Waals surface area contributed by atoms with Crippen molar-refractivity contribution in [2.75, 3.05) is 26.7 Å². The molecule has 2 amide bonds. The molecule has 1 aromatic heterocycles. The fraction of sp³-hybridized carbons (Fsp3) is 0.294. The summed E-state index contributed by atoms with van der Waals surface area (Å²) in [5, 5.41) is 5.23. The molecule has 0 atom stereocenters.